The van der Waals surface area contributed by atoms with Crippen LogP contribution in [0.1, 0.15) is 26.3 Å². The molecule has 33 heavy (non-hydrogen) atoms. The Morgan fingerprint density at radius 3 is 2.24 bits per heavy atom. The fourth-order valence-corrected chi connectivity index (χ4v) is 4.23. The van der Waals surface area contributed by atoms with E-state index in [0.29, 0.717) is 22.6 Å². The van der Waals surface area contributed by atoms with Crippen molar-refractivity contribution >= 4 is 10.9 Å². The topological polar surface area (TPSA) is 75.6 Å². The van der Waals surface area contributed by atoms with Gasteiger partial charge in [-0.15, -0.1) is 0 Å². The predicted molar refractivity (Wildman–Crippen MR) is 128 cm³/mol. The van der Waals surface area contributed by atoms with Gasteiger partial charge < -0.3 is 4.98 Å². The first kappa shape index (κ1) is 20.8. The summed E-state index contributed by atoms with van der Waals surface area (Å²) in [4.78, 5) is 30.1. The molecular weight excluding hydrogens is 419 g/mol. The summed E-state index contributed by atoms with van der Waals surface area (Å²) < 4.78 is 16.0. The number of halogens is 1. The molecule has 0 aliphatic carbocycles. The largest absolute Gasteiger partial charge is 0.356 e. The molecule has 0 saturated carbocycles. The summed E-state index contributed by atoms with van der Waals surface area (Å²) in [7, 11) is 0. The summed E-state index contributed by atoms with van der Waals surface area (Å²) >= 11 is 0. The second-order valence-corrected chi connectivity index (χ2v) is 9.04. The van der Waals surface area contributed by atoms with Gasteiger partial charge in [0.1, 0.15) is 11.5 Å². The monoisotopic (exact) mass is 442 g/mol. The van der Waals surface area contributed by atoms with E-state index >= 15 is 0 Å². The molecule has 166 valence electrons. The third-order valence-corrected chi connectivity index (χ3v) is 5.78. The third-order valence-electron chi connectivity index (χ3n) is 5.78. The number of nitrogens with one attached hydrogen (secondary N) is 2. The Labute approximate surface area is 188 Å². The minimum Gasteiger partial charge on any atom is -0.353 e. The molecule has 2 aromatic heterocycles. The molecule has 0 radical (unpaired) electrons. The standard InChI is InChI=1S/C26H23FN4O2/c1-26(2,3)19-9-5-7-11-21(19)30-24(32)29-31(25(30)33)23-18-8-4-6-10-20(18)28-22(23)16-12-14-17(27)15-13-16/h4-15,28H,1-3H3,(H,29,32). The van der Waals surface area contributed by atoms with Crippen LogP contribution in [0, 0.1) is 5.82 Å². The van der Waals surface area contributed by atoms with Gasteiger partial charge in [-0.1, -0.05) is 57.2 Å². The lowest BCUT2D eigenvalue weighted by Crippen LogP contribution is -2.29. The van der Waals surface area contributed by atoms with Crippen LogP contribution in [0.15, 0.2) is 82.4 Å². The normalized spacial score (nSPS) is 11.9. The van der Waals surface area contributed by atoms with Gasteiger partial charge in [0.05, 0.1) is 11.4 Å². The number of para-hydroxylation sites is 2. The fourth-order valence-electron chi connectivity index (χ4n) is 4.23. The Morgan fingerprint density at radius 1 is 0.848 bits per heavy atom. The molecule has 0 atom stereocenters. The van der Waals surface area contributed by atoms with Crippen LogP contribution in [0.2, 0.25) is 0 Å². The number of H-pyrrole nitrogens is 2. The van der Waals surface area contributed by atoms with Crippen LogP contribution in [0.3, 0.4) is 0 Å². The van der Waals surface area contributed by atoms with E-state index in [0.717, 1.165) is 21.0 Å². The molecule has 0 aliphatic rings. The average molecular weight is 442 g/mol. The van der Waals surface area contributed by atoms with Crippen LogP contribution in [0.25, 0.3) is 33.5 Å². The van der Waals surface area contributed by atoms with E-state index in [2.05, 4.69) is 10.1 Å². The average Bonchev–Trinajstić information content (AvgIpc) is 3.30. The molecule has 2 N–H and O–H groups in total. The predicted octanol–water partition coefficient (Wildman–Crippen LogP) is 4.90. The summed E-state index contributed by atoms with van der Waals surface area (Å²) in [6.45, 7) is 6.11. The lowest BCUT2D eigenvalue weighted by molar-refractivity contribution is 0.584. The molecule has 0 saturated heterocycles. The van der Waals surface area contributed by atoms with Crippen LogP contribution < -0.4 is 11.4 Å². The SMILES string of the molecule is CC(C)(C)c1ccccc1-n1c(=O)[nH]n(-c2c(-c3ccc(F)cc3)[nH]c3ccccc23)c1=O. The maximum absolute atomic E-state index is 13.7. The highest BCUT2D eigenvalue weighted by molar-refractivity contribution is 5.96. The lowest BCUT2D eigenvalue weighted by Gasteiger charge is -2.22. The highest BCUT2D eigenvalue weighted by Gasteiger charge is 2.24. The number of aromatic nitrogens is 4. The van der Waals surface area contributed by atoms with E-state index in [1.54, 1.807) is 18.2 Å². The van der Waals surface area contributed by atoms with Crippen LogP contribution in [0.4, 0.5) is 4.39 Å². The van der Waals surface area contributed by atoms with E-state index in [1.165, 1.54) is 16.8 Å². The molecule has 0 aliphatic heterocycles. The Balaban J connectivity index is 1.81. The van der Waals surface area contributed by atoms with Gasteiger partial charge in [-0.05, 0) is 47.4 Å². The second-order valence-electron chi connectivity index (χ2n) is 9.04. The van der Waals surface area contributed by atoms with Crippen molar-refractivity contribution in [3.63, 3.8) is 0 Å². The van der Waals surface area contributed by atoms with Crippen LogP contribution in [-0.2, 0) is 5.41 Å². The van der Waals surface area contributed by atoms with E-state index in [1.807, 2.05) is 63.2 Å². The Hall–Kier alpha value is -4.13. The molecule has 0 amide bonds. The Kier molecular flexibility index (Phi) is 4.70. The van der Waals surface area contributed by atoms with Crippen molar-refractivity contribution in [3.05, 3.63) is 105 Å². The summed E-state index contributed by atoms with van der Waals surface area (Å²) in [6.07, 6.45) is 0. The van der Waals surface area contributed by atoms with E-state index in [9.17, 15) is 14.0 Å². The molecule has 6 nitrogen and oxygen atoms in total. The van der Waals surface area contributed by atoms with Crippen molar-refractivity contribution in [1.29, 1.82) is 0 Å². The Morgan fingerprint density at radius 2 is 1.52 bits per heavy atom. The fraction of sp³-hybridized carbons (Fsp3) is 0.154. The van der Waals surface area contributed by atoms with Crippen molar-refractivity contribution in [2.24, 2.45) is 0 Å². The number of benzene rings is 3. The van der Waals surface area contributed by atoms with E-state index in [-0.39, 0.29) is 11.2 Å². The number of hydrogen-bond acceptors (Lipinski definition) is 2. The first-order chi connectivity index (χ1) is 15.8. The zero-order chi connectivity index (χ0) is 23.3. The molecule has 7 heteroatoms. The van der Waals surface area contributed by atoms with Crippen LogP contribution >= 0.6 is 0 Å². The summed E-state index contributed by atoms with van der Waals surface area (Å²) in [5, 5.41) is 3.48. The molecule has 0 spiro atoms. The quantitative estimate of drug-likeness (QED) is 0.417. The number of fused-ring (bicyclic) bond motifs is 1. The number of aromatic amines is 2. The second kappa shape index (κ2) is 7.48. The maximum atomic E-state index is 13.7. The zero-order valence-corrected chi connectivity index (χ0v) is 18.5. The van der Waals surface area contributed by atoms with Gasteiger partial charge in [0.2, 0.25) is 0 Å². The number of rotatable bonds is 3. The highest BCUT2D eigenvalue weighted by Crippen LogP contribution is 2.33. The van der Waals surface area contributed by atoms with Gasteiger partial charge in [-0.25, -0.2) is 23.6 Å². The minimum atomic E-state index is -0.535. The first-order valence-electron chi connectivity index (χ1n) is 10.7. The van der Waals surface area contributed by atoms with Gasteiger partial charge in [-0.2, -0.15) is 4.68 Å². The van der Waals surface area contributed by atoms with Gasteiger partial charge >= 0.3 is 11.4 Å². The van der Waals surface area contributed by atoms with Crippen molar-refractivity contribution in [2.45, 2.75) is 26.2 Å². The molecular formula is C26H23FN4O2. The summed E-state index contributed by atoms with van der Waals surface area (Å²) in [6, 6.07) is 20.9. The van der Waals surface area contributed by atoms with Crippen molar-refractivity contribution in [3.8, 4) is 22.6 Å². The van der Waals surface area contributed by atoms with E-state index < -0.39 is 11.4 Å². The molecule has 2 heterocycles. The lowest BCUT2D eigenvalue weighted by atomic mass is 9.86. The van der Waals surface area contributed by atoms with Gasteiger partial charge in [-0.3, -0.25) is 0 Å². The summed E-state index contributed by atoms with van der Waals surface area (Å²) in [5.41, 5.74) is 2.70. The Bertz CT molecular complexity index is 1590. The molecule has 5 rings (SSSR count). The van der Waals surface area contributed by atoms with Crippen LogP contribution in [0.5, 0.6) is 0 Å². The molecule has 3 aromatic carbocycles. The minimum absolute atomic E-state index is 0.273. The number of nitrogens with zero attached hydrogens (tertiary/aromatic N) is 2. The zero-order valence-electron chi connectivity index (χ0n) is 18.5. The maximum Gasteiger partial charge on any atom is 0.356 e. The third kappa shape index (κ3) is 3.42. The first-order valence-corrected chi connectivity index (χ1v) is 10.7. The highest BCUT2D eigenvalue weighted by atomic mass is 19.1. The molecule has 0 bridgehead atoms. The van der Waals surface area contributed by atoms with Gasteiger partial charge in [0, 0.05) is 16.5 Å². The van der Waals surface area contributed by atoms with Gasteiger partial charge in [0.15, 0.2) is 0 Å². The van der Waals surface area contributed by atoms with Gasteiger partial charge in [0.25, 0.3) is 0 Å². The summed E-state index contributed by atoms with van der Waals surface area (Å²) in [5.74, 6) is -0.355. The van der Waals surface area contributed by atoms with Crippen molar-refractivity contribution in [1.82, 2.24) is 19.3 Å². The number of hydrogen-bond donors (Lipinski definition) is 2. The van der Waals surface area contributed by atoms with E-state index in [4.69, 9.17) is 0 Å². The molecule has 0 fully saturated rings. The van der Waals surface area contributed by atoms with Crippen molar-refractivity contribution < 1.29 is 4.39 Å². The molecule has 5 aromatic rings. The smallest absolute Gasteiger partial charge is 0.353 e. The van der Waals surface area contributed by atoms with Crippen LogP contribution in [-0.4, -0.2) is 19.3 Å². The van der Waals surface area contributed by atoms with Crippen molar-refractivity contribution in [2.75, 3.05) is 0 Å². The molecule has 0 unspecified atom stereocenters.